The molecule has 2 N–H and O–H groups in total. The van der Waals surface area contributed by atoms with Crippen molar-refractivity contribution in [3.05, 3.63) is 0 Å². The lowest BCUT2D eigenvalue weighted by atomic mass is 9.98. The van der Waals surface area contributed by atoms with E-state index in [1.54, 1.807) is 7.05 Å². The van der Waals surface area contributed by atoms with E-state index in [1.165, 1.54) is 0 Å². The van der Waals surface area contributed by atoms with E-state index in [0.717, 1.165) is 38.4 Å². The largest absolute Gasteiger partial charge is 0.444 e. The number of carbonyl (C=O) groups excluding carboxylic acids is 1. The number of rotatable bonds is 2. The van der Waals surface area contributed by atoms with Crippen LogP contribution in [-0.4, -0.2) is 56.3 Å². The van der Waals surface area contributed by atoms with Crippen LogP contribution in [0.5, 0.6) is 0 Å². The van der Waals surface area contributed by atoms with Gasteiger partial charge in [0.05, 0.1) is 0 Å². The van der Waals surface area contributed by atoms with Crippen LogP contribution >= 0.6 is 0 Å². The first kappa shape index (κ1) is 16.6. The van der Waals surface area contributed by atoms with Crippen molar-refractivity contribution in [3.63, 3.8) is 0 Å². The Morgan fingerprint density at radius 1 is 1.45 bits per heavy atom. The number of guanidine groups is 1. The van der Waals surface area contributed by atoms with Gasteiger partial charge in [-0.1, -0.05) is 0 Å². The van der Waals surface area contributed by atoms with Crippen molar-refractivity contribution < 1.29 is 9.53 Å². The third-order valence-corrected chi connectivity index (χ3v) is 3.19. The lowest BCUT2D eigenvalue weighted by molar-refractivity contribution is 0.0168. The average molecular weight is 284 g/mol. The Labute approximate surface area is 122 Å². The van der Waals surface area contributed by atoms with Gasteiger partial charge in [0, 0.05) is 33.7 Å². The number of likely N-dealkylation sites (tertiary alicyclic amines) is 1. The van der Waals surface area contributed by atoms with Crippen molar-refractivity contribution in [2.75, 3.05) is 33.7 Å². The van der Waals surface area contributed by atoms with Crippen molar-refractivity contribution in [1.29, 1.82) is 0 Å². The maximum atomic E-state index is 12.1. The monoisotopic (exact) mass is 284 g/mol. The minimum absolute atomic E-state index is 0.208. The molecule has 0 spiro atoms. The first-order valence-corrected chi connectivity index (χ1v) is 7.22. The quantitative estimate of drug-likeness (QED) is 0.595. The summed E-state index contributed by atoms with van der Waals surface area (Å²) in [6.07, 6.45) is 1.93. The number of nitrogens with zero attached hydrogens (tertiary/aromatic N) is 2. The van der Waals surface area contributed by atoms with Crippen LogP contribution in [0.1, 0.15) is 33.6 Å². The highest BCUT2D eigenvalue weighted by Crippen LogP contribution is 2.18. The zero-order valence-corrected chi connectivity index (χ0v) is 13.3. The van der Waals surface area contributed by atoms with E-state index >= 15 is 0 Å². The molecule has 20 heavy (non-hydrogen) atoms. The highest BCUT2D eigenvalue weighted by molar-refractivity contribution is 5.79. The molecule has 1 aliphatic rings. The van der Waals surface area contributed by atoms with E-state index < -0.39 is 5.60 Å². The van der Waals surface area contributed by atoms with Gasteiger partial charge in [-0.2, -0.15) is 0 Å². The molecule has 0 bridgehead atoms. The predicted molar refractivity (Wildman–Crippen MR) is 81.0 cm³/mol. The molecule has 1 atom stereocenters. The number of ether oxygens (including phenoxy) is 1. The summed E-state index contributed by atoms with van der Waals surface area (Å²) in [5, 5.41) is 6.25. The molecule has 1 saturated heterocycles. The Bertz CT molecular complexity index is 350. The Hall–Kier alpha value is -1.46. The van der Waals surface area contributed by atoms with Gasteiger partial charge in [-0.15, -0.1) is 0 Å². The summed E-state index contributed by atoms with van der Waals surface area (Å²) in [6.45, 7) is 8.02. The lowest BCUT2D eigenvalue weighted by Gasteiger charge is -2.34. The minimum Gasteiger partial charge on any atom is -0.444 e. The number of aliphatic imine (C=N–C) groups is 1. The van der Waals surface area contributed by atoms with Gasteiger partial charge in [0.25, 0.3) is 0 Å². The van der Waals surface area contributed by atoms with E-state index in [9.17, 15) is 4.79 Å². The summed E-state index contributed by atoms with van der Waals surface area (Å²) in [6, 6.07) is 0. The molecule has 1 unspecified atom stereocenters. The number of carbonyl (C=O) groups is 1. The molecule has 116 valence electrons. The molecule has 0 saturated carbocycles. The molecule has 0 aromatic heterocycles. The van der Waals surface area contributed by atoms with Crippen molar-refractivity contribution in [1.82, 2.24) is 15.5 Å². The van der Waals surface area contributed by atoms with Gasteiger partial charge < -0.3 is 20.3 Å². The summed E-state index contributed by atoms with van der Waals surface area (Å²) in [7, 11) is 3.58. The second-order valence-electron chi connectivity index (χ2n) is 6.14. The Morgan fingerprint density at radius 3 is 2.70 bits per heavy atom. The molecule has 0 aromatic rings. The number of nitrogens with one attached hydrogen (secondary N) is 2. The first-order valence-electron chi connectivity index (χ1n) is 7.22. The van der Waals surface area contributed by atoms with E-state index in [2.05, 4.69) is 15.6 Å². The van der Waals surface area contributed by atoms with Gasteiger partial charge in [0.1, 0.15) is 5.60 Å². The van der Waals surface area contributed by atoms with Crippen molar-refractivity contribution in [3.8, 4) is 0 Å². The number of piperidine rings is 1. The van der Waals surface area contributed by atoms with Crippen LogP contribution in [-0.2, 0) is 4.74 Å². The number of hydrogen-bond donors (Lipinski definition) is 2. The molecule has 1 amide bonds. The van der Waals surface area contributed by atoms with Crippen LogP contribution in [0, 0.1) is 5.92 Å². The zero-order valence-electron chi connectivity index (χ0n) is 13.3. The molecule has 1 heterocycles. The van der Waals surface area contributed by atoms with Crippen LogP contribution in [0.15, 0.2) is 4.99 Å². The SMILES string of the molecule is CN=C(NC)NCC1CCCN(C(=O)OC(C)(C)C)C1. The maximum Gasteiger partial charge on any atom is 0.410 e. The van der Waals surface area contributed by atoms with Crippen LogP contribution in [0.2, 0.25) is 0 Å². The van der Waals surface area contributed by atoms with Gasteiger partial charge in [0.2, 0.25) is 0 Å². The summed E-state index contributed by atoms with van der Waals surface area (Å²) in [4.78, 5) is 17.9. The molecule has 6 heteroatoms. The Kier molecular flexibility index (Phi) is 6.10. The fourth-order valence-corrected chi connectivity index (χ4v) is 2.24. The highest BCUT2D eigenvalue weighted by atomic mass is 16.6. The number of amides is 1. The van der Waals surface area contributed by atoms with Crippen LogP contribution in [0.25, 0.3) is 0 Å². The molecule has 1 fully saturated rings. The second kappa shape index (κ2) is 7.36. The molecule has 0 aliphatic carbocycles. The Morgan fingerprint density at radius 2 is 2.15 bits per heavy atom. The molecule has 1 rings (SSSR count). The van der Waals surface area contributed by atoms with Crippen molar-refractivity contribution in [2.45, 2.75) is 39.2 Å². The fourth-order valence-electron chi connectivity index (χ4n) is 2.24. The van der Waals surface area contributed by atoms with Gasteiger partial charge >= 0.3 is 6.09 Å². The van der Waals surface area contributed by atoms with Crippen LogP contribution < -0.4 is 10.6 Å². The van der Waals surface area contributed by atoms with Gasteiger partial charge in [-0.05, 0) is 39.5 Å². The maximum absolute atomic E-state index is 12.1. The Balaban J connectivity index is 2.44. The fraction of sp³-hybridized carbons (Fsp3) is 0.857. The summed E-state index contributed by atoms with van der Waals surface area (Å²) in [5.74, 6) is 1.21. The van der Waals surface area contributed by atoms with E-state index in [4.69, 9.17) is 4.74 Å². The average Bonchev–Trinajstić information content (AvgIpc) is 2.38. The molecule has 1 aliphatic heterocycles. The molecular formula is C14H28N4O2. The van der Waals surface area contributed by atoms with Crippen molar-refractivity contribution in [2.24, 2.45) is 10.9 Å². The van der Waals surface area contributed by atoms with Crippen LogP contribution in [0.4, 0.5) is 4.79 Å². The number of hydrogen-bond acceptors (Lipinski definition) is 3. The smallest absolute Gasteiger partial charge is 0.410 e. The van der Waals surface area contributed by atoms with Crippen molar-refractivity contribution >= 4 is 12.1 Å². The van der Waals surface area contributed by atoms with E-state index in [0.29, 0.717) is 5.92 Å². The standard InChI is InChI=1S/C14H28N4O2/c1-14(2,3)20-13(19)18-8-6-7-11(10-18)9-17-12(15-4)16-5/h11H,6-10H2,1-5H3,(H2,15,16,17). The highest BCUT2D eigenvalue weighted by Gasteiger charge is 2.27. The van der Waals surface area contributed by atoms with E-state index in [1.807, 2.05) is 32.7 Å². The zero-order chi connectivity index (χ0) is 15.2. The molecule has 6 nitrogen and oxygen atoms in total. The van der Waals surface area contributed by atoms with Gasteiger partial charge in [-0.3, -0.25) is 4.99 Å². The third-order valence-electron chi connectivity index (χ3n) is 3.19. The summed E-state index contributed by atoms with van der Waals surface area (Å²) in [5.41, 5.74) is -0.434. The van der Waals surface area contributed by atoms with Gasteiger partial charge in [0.15, 0.2) is 5.96 Å². The lowest BCUT2D eigenvalue weighted by Crippen LogP contribution is -2.46. The summed E-state index contributed by atoms with van der Waals surface area (Å²) >= 11 is 0. The first-order chi connectivity index (χ1) is 9.35. The molecular weight excluding hydrogens is 256 g/mol. The van der Waals surface area contributed by atoms with E-state index in [-0.39, 0.29) is 6.09 Å². The second-order valence-corrected chi connectivity index (χ2v) is 6.14. The van der Waals surface area contributed by atoms with Gasteiger partial charge in [-0.25, -0.2) is 4.79 Å². The minimum atomic E-state index is -0.434. The molecule has 0 aromatic carbocycles. The molecule has 0 radical (unpaired) electrons. The normalized spacial score (nSPS) is 20.6. The third kappa shape index (κ3) is 5.67. The topological polar surface area (TPSA) is 66.0 Å². The van der Waals surface area contributed by atoms with Crippen LogP contribution in [0.3, 0.4) is 0 Å². The predicted octanol–water partition coefficient (Wildman–Crippen LogP) is 1.43. The summed E-state index contributed by atoms with van der Waals surface area (Å²) < 4.78 is 5.42.